The van der Waals surface area contributed by atoms with Gasteiger partial charge in [-0.25, -0.2) is 9.37 Å². The maximum absolute atomic E-state index is 12.9. The number of fused-ring (bicyclic) bond motifs is 1. The van der Waals surface area contributed by atoms with E-state index in [4.69, 9.17) is 4.99 Å². The fraction of sp³-hybridized carbons (Fsp3) is 0.810. The summed E-state index contributed by atoms with van der Waals surface area (Å²) in [5.41, 5.74) is 0. The van der Waals surface area contributed by atoms with E-state index < -0.39 is 6.04 Å². The highest BCUT2D eigenvalue weighted by Gasteiger charge is 2.52. The van der Waals surface area contributed by atoms with Gasteiger partial charge in [-0.05, 0) is 43.1 Å². The average Bonchev–Trinajstić information content (AvgIpc) is 3.03. The molecule has 7 heteroatoms. The van der Waals surface area contributed by atoms with Crippen LogP contribution in [-0.2, 0) is 4.79 Å². The van der Waals surface area contributed by atoms with Crippen molar-refractivity contribution in [2.75, 3.05) is 40.3 Å². The van der Waals surface area contributed by atoms with E-state index in [1.54, 1.807) is 19.0 Å². The van der Waals surface area contributed by atoms with Crippen LogP contribution in [0.3, 0.4) is 0 Å². The normalized spacial score (nSPS) is 26.2. The third kappa shape index (κ3) is 4.29. The zero-order chi connectivity index (χ0) is 20.3. The Balaban J connectivity index is 1.80. The predicted molar refractivity (Wildman–Crippen MR) is 111 cm³/mol. The summed E-state index contributed by atoms with van der Waals surface area (Å²) < 4.78 is 2.17. The molecular formula is C21H36N5O2+. The van der Waals surface area contributed by atoms with Gasteiger partial charge < -0.3 is 0 Å². The van der Waals surface area contributed by atoms with Crippen LogP contribution in [0.15, 0.2) is 4.99 Å². The minimum absolute atomic E-state index is 0.155. The number of aliphatic imine (C=N–C) groups is 1. The van der Waals surface area contributed by atoms with E-state index in [1.165, 1.54) is 43.4 Å². The molecule has 2 atom stereocenters. The molecule has 2 saturated heterocycles. The number of imide groups is 1. The standard InChI is InChI=1S/C21H36N5O2/c1-5-6-7-8-9-13-26-17(15-25-12-10-11-16(2)14-25)22-19-18(26)20(27)24(4)21(28)23(19)3/h16,18H,5-15H2,1-4H3/q+1. The molecule has 3 aliphatic heterocycles. The van der Waals surface area contributed by atoms with Crippen molar-refractivity contribution in [3.05, 3.63) is 0 Å². The molecule has 0 aromatic rings. The first-order chi connectivity index (χ1) is 13.4. The molecule has 0 radical (unpaired) electrons. The van der Waals surface area contributed by atoms with E-state index in [0.29, 0.717) is 11.8 Å². The molecule has 0 saturated carbocycles. The Morgan fingerprint density at radius 3 is 2.57 bits per heavy atom. The third-order valence-corrected chi connectivity index (χ3v) is 6.22. The highest BCUT2D eigenvalue weighted by Crippen LogP contribution is 2.21. The van der Waals surface area contributed by atoms with Gasteiger partial charge in [0.2, 0.25) is 0 Å². The number of amides is 3. The van der Waals surface area contributed by atoms with Crippen molar-refractivity contribution in [2.24, 2.45) is 10.9 Å². The Hall–Kier alpha value is -1.76. The lowest BCUT2D eigenvalue weighted by atomic mass is 10.0. The molecule has 0 aliphatic carbocycles. The first-order valence-corrected chi connectivity index (χ1v) is 10.9. The van der Waals surface area contributed by atoms with Gasteiger partial charge >= 0.3 is 11.9 Å². The highest BCUT2D eigenvalue weighted by molar-refractivity contribution is 6.23. The molecule has 7 nitrogen and oxygen atoms in total. The van der Waals surface area contributed by atoms with Gasteiger partial charge in [-0.2, -0.15) is 0 Å². The fourth-order valence-corrected chi connectivity index (χ4v) is 4.55. The third-order valence-electron chi connectivity index (χ3n) is 6.22. The number of carbonyl (C=O) groups is 2. The summed E-state index contributed by atoms with van der Waals surface area (Å²) >= 11 is 0. The van der Waals surface area contributed by atoms with Gasteiger partial charge in [-0.15, -0.1) is 0 Å². The molecule has 0 spiro atoms. The fourth-order valence-electron chi connectivity index (χ4n) is 4.55. The summed E-state index contributed by atoms with van der Waals surface area (Å²) in [4.78, 5) is 35.3. The Morgan fingerprint density at radius 1 is 1.11 bits per heavy atom. The number of hydrogen-bond acceptors (Lipinski definition) is 4. The SMILES string of the molecule is CCCCCCC[N+]1=C(CN2CCCC(C)C2)N=C2C1C(=O)N(C)C(=O)N2C. The summed E-state index contributed by atoms with van der Waals surface area (Å²) in [6.45, 7) is 8.26. The van der Waals surface area contributed by atoms with E-state index in [9.17, 15) is 9.59 Å². The summed E-state index contributed by atoms with van der Waals surface area (Å²) in [6, 6.07) is -0.744. The smallest absolute Gasteiger partial charge is 0.292 e. The van der Waals surface area contributed by atoms with Crippen molar-refractivity contribution < 1.29 is 14.2 Å². The lowest BCUT2D eigenvalue weighted by molar-refractivity contribution is -0.537. The molecule has 2 fully saturated rings. The summed E-state index contributed by atoms with van der Waals surface area (Å²) in [5.74, 6) is 2.09. The van der Waals surface area contributed by atoms with Crippen LogP contribution in [0.2, 0.25) is 0 Å². The van der Waals surface area contributed by atoms with Gasteiger partial charge in [0.15, 0.2) is 0 Å². The number of nitrogens with zero attached hydrogens (tertiary/aromatic N) is 5. The first kappa shape index (κ1) is 21.0. The quantitative estimate of drug-likeness (QED) is 0.472. The van der Waals surface area contributed by atoms with Crippen molar-refractivity contribution >= 4 is 23.6 Å². The van der Waals surface area contributed by atoms with Crippen LogP contribution in [-0.4, -0.2) is 89.2 Å². The zero-order valence-electron chi connectivity index (χ0n) is 18.0. The average molecular weight is 391 g/mol. The number of likely N-dealkylation sites (tertiary alicyclic amines) is 1. The molecule has 156 valence electrons. The van der Waals surface area contributed by atoms with Crippen LogP contribution < -0.4 is 0 Å². The van der Waals surface area contributed by atoms with Crippen LogP contribution in [0.1, 0.15) is 58.8 Å². The number of unbranched alkanes of at least 4 members (excludes halogenated alkanes) is 4. The number of likely N-dealkylation sites (N-methyl/N-ethyl adjacent to an activating group) is 2. The zero-order valence-corrected chi connectivity index (χ0v) is 18.0. The monoisotopic (exact) mass is 390 g/mol. The summed E-state index contributed by atoms with van der Waals surface area (Å²) in [6.07, 6.45) is 8.42. The number of rotatable bonds is 8. The van der Waals surface area contributed by atoms with Crippen molar-refractivity contribution in [3.63, 3.8) is 0 Å². The van der Waals surface area contributed by atoms with Gasteiger partial charge in [0, 0.05) is 20.6 Å². The Bertz CT molecular complexity index is 672. The number of carbonyl (C=O) groups excluding carboxylic acids is 2. The summed E-state index contributed by atoms with van der Waals surface area (Å²) in [5, 5.41) is 0. The van der Waals surface area contributed by atoms with Gasteiger partial charge in [-0.1, -0.05) is 33.1 Å². The van der Waals surface area contributed by atoms with Crippen LogP contribution in [0, 0.1) is 5.92 Å². The van der Waals surface area contributed by atoms with Crippen LogP contribution in [0.4, 0.5) is 4.79 Å². The molecule has 2 unspecified atom stereocenters. The predicted octanol–water partition coefficient (Wildman–Crippen LogP) is 2.40. The molecule has 0 bridgehead atoms. The number of amidine groups is 2. The van der Waals surface area contributed by atoms with E-state index in [2.05, 4.69) is 23.3 Å². The van der Waals surface area contributed by atoms with Crippen LogP contribution in [0.5, 0.6) is 0 Å². The Morgan fingerprint density at radius 2 is 1.86 bits per heavy atom. The molecule has 0 aromatic heterocycles. The van der Waals surface area contributed by atoms with E-state index in [0.717, 1.165) is 38.4 Å². The van der Waals surface area contributed by atoms with Crippen LogP contribution in [0.25, 0.3) is 0 Å². The van der Waals surface area contributed by atoms with Crippen LogP contribution >= 0.6 is 0 Å². The van der Waals surface area contributed by atoms with E-state index in [-0.39, 0.29) is 11.9 Å². The molecule has 3 rings (SSSR count). The molecule has 0 aromatic carbocycles. The number of urea groups is 1. The molecule has 28 heavy (non-hydrogen) atoms. The number of piperidine rings is 1. The lowest BCUT2D eigenvalue weighted by Crippen LogP contribution is -2.61. The van der Waals surface area contributed by atoms with Gasteiger partial charge in [-0.3, -0.25) is 19.5 Å². The minimum Gasteiger partial charge on any atom is -0.292 e. The lowest BCUT2D eigenvalue weighted by Gasteiger charge is -2.31. The van der Waals surface area contributed by atoms with Crippen molar-refractivity contribution in [3.8, 4) is 0 Å². The Kier molecular flexibility index (Phi) is 6.86. The molecule has 0 N–H and O–H groups in total. The summed E-state index contributed by atoms with van der Waals surface area (Å²) in [7, 11) is 3.30. The van der Waals surface area contributed by atoms with Gasteiger partial charge in [0.1, 0.15) is 6.54 Å². The highest BCUT2D eigenvalue weighted by atomic mass is 16.2. The maximum Gasteiger partial charge on any atom is 0.333 e. The second-order valence-electron chi connectivity index (χ2n) is 8.62. The van der Waals surface area contributed by atoms with Gasteiger partial charge in [0.25, 0.3) is 17.8 Å². The Labute approximate surface area is 169 Å². The molecular weight excluding hydrogens is 354 g/mol. The van der Waals surface area contributed by atoms with E-state index >= 15 is 0 Å². The second-order valence-corrected chi connectivity index (χ2v) is 8.62. The van der Waals surface area contributed by atoms with Crippen molar-refractivity contribution in [2.45, 2.75) is 64.8 Å². The second kappa shape index (κ2) is 9.16. The van der Waals surface area contributed by atoms with Crippen molar-refractivity contribution in [1.29, 1.82) is 0 Å². The first-order valence-electron chi connectivity index (χ1n) is 10.9. The van der Waals surface area contributed by atoms with Crippen molar-refractivity contribution in [1.82, 2.24) is 14.7 Å². The molecule has 3 heterocycles. The maximum atomic E-state index is 12.9. The largest absolute Gasteiger partial charge is 0.333 e. The molecule has 3 amide bonds. The molecule has 3 aliphatic rings. The minimum atomic E-state index is -0.448. The van der Waals surface area contributed by atoms with E-state index in [1.807, 2.05) is 0 Å². The van der Waals surface area contributed by atoms with Gasteiger partial charge in [0.05, 0.1) is 6.54 Å². The number of hydrogen-bond donors (Lipinski definition) is 0. The topological polar surface area (TPSA) is 59.2 Å².